The predicted octanol–water partition coefficient (Wildman–Crippen LogP) is 1.29. The molecule has 24 heavy (non-hydrogen) atoms. The van der Waals surface area contributed by atoms with Crippen LogP contribution in [0.3, 0.4) is 0 Å². The van der Waals surface area contributed by atoms with E-state index in [2.05, 4.69) is 16.0 Å². The molecule has 0 fully saturated rings. The molecule has 0 saturated carbocycles. The highest BCUT2D eigenvalue weighted by Crippen LogP contribution is 2.08. The van der Waals surface area contributed by atoms with Crippen LogP contribution in [0.15, 0.2) is 30.3 Å². The lowest BCUT2D eigenvalue weighted by Gasteiger charge is -2.18. The average Bonchev–Trinajstić information content (AvgIpc) is 2.53. The van der Waals surface area contributed by atoms with Crippen LogP contribution in [-0.4, -0.2) is 42.1 Å². The third-order valence-corrected chi connectivity index (χ3v) is 3.38. The van der Waals surface area contributed by atoms with Crippen LogP contribution in [0, 0.1) is 0 Å². The molecule has 0 radical (unpaired) electrons. The highest BCUT2D eigenvalue weighted by Gasteiger charge is 2.14. The van der Waals surface area contributed by atoms with E-state index < -0.39 is 5.97 Å². The van der Waals surface area contributed by atoms with Crippen molar-refractivity contribution in [2.24, 2.45) is 0 Å². The number of urea groups is 1. The lowest BCUT2D eigenvalue weighted by molar-refractivity contribution is -0.137. The summed E-state index contributed by atoms with van der Waals surface area (Å²) in [6, 6.07) is 9.03. The van der Waals surface area contributed by atoms with E-state index in [-0.39, 0.29) is 24.4 Å². The minimum Gasteiger partial charge on any atom is -0.481 e. The lowest BCUT2D eigenvalue weighted by Crippen LogP contribution is -2.44. The second-order valence-electron chi connectivity index (χ2n) is 5.56. The van der Waals surface area contributed by atoms with Crippen LogP contribution in [0.5, 0.6) is 0 Å². The summed E-state index contributed by atoms with van der Waals surface area (Å²) < 4.78 is 0. The van der Waals surface area contributed by atoms with Gasteiger partial charge in [0, 0.05) is 32.5 Å². The quantitative estimate of drug-likeness (QED) is 0.483. The molecule has 132 valence electrons. The van der Waals surface area contributed by atoms with Crippen LogP contribution in [0.25, 0.3) is 0 Å². The van der Waals surface area contributed by atoms with Gasteiger partial charge < -0.3 is 21.1 Å². The van der Waals surface area contributed by atoms with E-state index in [1.807, 2.05) is 30.3 Å². The third kappa shape index (κ3) is 9.45. The van der Waals surface area contributed by atoms with Gasteiger partial charge in [-0.15, -0.1) is 0 Å². The van der Waals surface area contributed by atoms with Gasteiger partial charge in [0.2, 0.25) is 5.91 Å². The van der Waals surface area contributed by atoms with Gasteiger partial charge in [-0.25, -0.2) is 4.79 Å². The molecule has 0 saturated heterocycles. The maximum atomic E-state index is 11.9. The molecule has 0 spiro atoms. The first-order valence-electron chi connectivity index (χ1n) is 8.02. The van der Waals surface area contributed by atoms with Crippen molar-refractivity contribution >= 4 is 17.9 Å². The molecular formula is C17H25N3O4. The molecule has 0 heterocycles. The molecule has 1 unspecified atom stereocenters. The number of hydrogen-bond donors (Lipinski definition) is 4. The van der Waals surface area contributed by atoms with Crippen molar-refractivity contribution in [2.45, 2.75) is 38.6 Å². The Kier molecular flexibility index (Phi) is 8.96. The minimum absolute atomic E-state index is 0.000309. The summed E-state index contributed by atoms with van der Waals surface area (Å²) in [7, 11) is 0. The number of rotatable bonds is 10. The van der Waals surface area contributed by atoms with Crippen molar-refractivity contribution < 1.29 is 19.5 Å². The van der Waals surface area contributed by atoms with Crippen molar-refractivity contribution in [3.05, 3.63) is 35.9 Å². The number of carbonyl (C=O) groups is 3. The van der Waals surface area contributed by atoms with Gasteiger partial charge in [-0.2, -0.15) is 0 Å². The summed E-state index contributed by atoms with van der Waals surface area (Å²) >= 11 is 0. The number of benzene rings is 1. The van der Waals surface area contributed by atoms with Gasteiger partial charge in [-0.3, -0.25) is 9.59 Å². The fourth-order valence-electron chi connectivity index (χ4n) is 2.21. The molecule has 7 nitrogen and oxygen atoms in total. The van der Waals surface area contributed by atoms with Crippen molar-refractivity contribution in [2.75, 3.05) is 13.1 Å². The monoisotopic (exact) mass is 335 g/mol. The third-order valence-electron chi connectivity index (χ3n) is 3.38. The highest BCUT2D eigenvalue weighted by atomic mass is 16.4. The number of carboxylic acid groups (broad SMARTS) is 1. The first kappa shape index (κ1) is 19.5. The summed E-state index contributed by atoms with van der Waals surface area (Å²) in [5.41, 5.74) is 1.04. The fraction of sp³-hybridized carbons (Fsp3) is 0.471. The molecule has 0 bridgehead atoms. The Bertz CT molecular complexity index is 534. The number of amides is 3. The van der Waals surface area contributed by atoms with Gasteiger partial charge in [0.1, 0.15) is 0 Å². The van der Waals surface area contributed by atoms with Crippen LogP contribution >= 0.6 is 0 Å². The predicted molar refractivity (Wildman–Crippen MR) is 90.6 cm³/mol. The zero-order valence-electron chi connectivity index (χ0n) is 13.9. The SMILES string of the molecule is CC(=O)NCCCNC(=O)NC(CCC(=O)O)Cc1ccccc1. The molecule has 7 heteroatoms. The Labute approximate surface area is 141 Å². The molecule has 0 aliphatic carbocycles. The first-order chi connectivity index (χ1) is 11.5. The fourth-order valence-corrected chi connectivity index (χ4v) is 2.21. The maximum absolute atomic E-state index is 11.9. The minimum atomic E-state index is -0.884. The largest absolute Gasteiger partial charge is 0.481 e. The Morgan fingerprint density at radius 2 is 1.75 bits per heavy atom. The van der Waals surface area contributed by atoms with Crippen molar-refractivity contribution in [3.8, 4) is 0 Å². The molecule has 0 aromatic heterocycles. The zero-order chi connectivity index (χ0) is 17.8. The van der Waals surface area contributed by atoms with E-state index in [1.165, 1.54) is 6.92 Å². The molecule has 0 aliphatic rings. The number of carboxylic acids is 1. The zero-order valence-corrected chi connectivity index (χ0v) is 13.9. The van der Waals surface area contributed by atoms with Crippen LogP contribution in [-0.2, 0) is 16.0 Å². The molecule has 4 N–H and O–H groups in total. The molecular weight excluding hydrogens is 310 g/mol. The van der Waals surface area contributed by atoms with E-state index >= 15 is 0 Å². The molecule has 1 aromatic carbocycles. The van der Waals surface area contributed by atoms with Gasteiger partial charge in [0.25, 0.3) is 0 Å². The standard InChI is InChI=1S/C17H25N3O4/c1-13(21)18-10-5-11-19-17(24)20-15(8-9-16(22)23)12-14-6-3-2-4-7-14/h2-4,6-7,15H,5,8-12H2,1H3,(H,18,21)(H,22,23)(H2,19,20,24). The summed E-state index contributed by atoms with van der Waals surface area (Å²) in [5.74, 6) is -0.985. The smallest absolute Gasteiger partial charge is 0.315 e. The van der Waals surface area contributed by atoms with Crippen LogP contribution in [0.2, 0.25) is 0 Å². The average molecular weight is 335 g/mol. The van der Waals surface area contributed by atoms with E-state index in [0.717, 1.165) is 5.56 Å². The molecule has 0 aliphatic heterocycles. The van der Waals surface area contributed by atoms with Gasteiger partial charge in [-0.05, 0) is 24.8 Å². The summed E-state index contributed by atoms with van der Waals surface area (Å²) in [4.78, 5) is 33.4. The Hall–Kier alpha value is -2.57. The van der Waals surface area contributed by atoms with Crippen molar-refractivity contribution in [1.29, 1.82) is 0 Å². The van der Waals surface area contributed by atoms with E-state index in [4.69, 9.17) is 5.11 Å². The van der Waals surface area contributed by atoms with Gasteiger partial charge in [0.05, 0.1) is 0 Å². The van der Waals surface area contributed by atoms with Crippen molar-refractivity contribution in [3.63, 3.8) is 0 Å². The van der Waals surface area contributed by atoms with Gasteiger partial charge in [-0.1, -0.05) is 30.3 Å². The number of carbonyl (C=O) groups excluding carboxylic acids is 2. The number of aliphatic carboxylic acids is 1. The first-order valence-corrected chi connectivity index (χ1v) is 8.02. The lowest BCUT2D eigenvalue weighted by atomic mass is 10.0. The van der Waals surface area contributed by atoms with Gasteiger partial charge >= 0.3 is 12.0 Å². The highest BCUT2D eigenvalue weighted by molar-refractivity contribution is 5.74. The Morgan fingerprint density at radius 1 is 1.08 bits per heavy atom. The Balaban J connectivity index is 2.40. The topological polar surface area (TPSA) is 108 Å². The summed E-state index contributed by atoms with van der Waals surface area (Å²) in [6.45, 7) is 2.38. The van der Waals surface area contributed by atoms with Crippen LogP contribution in [0.4, 0.5) is 4.79 Å². The number of nitrogens with one attached hydrogen (secondary N) is 3. The van der Waals surface area contributed by atoms with Crippen LogP contribution in [0.1, 0.15) is 31.7 Å². The van der Waals surface area contributed by atoms with E-state index in [1.54, 1.807) is 0 Å². The molecule has 1 aromatic rings. The van der Waals surface area contributed by atoms with Gasteiger partial charge in [0.15, 0.2) is 0 Å². The molecule has 1 atom stereocenters. The van der Waals surface area contributed by atoms with E-state index in [9.17, 15) is 14.4 Å². The van der Waals surface area contributed by atoms with E-state index in [0.29, 0.717) is 32.4 Å². The number of hydrogen-bond acceptors (Lipinski definition) is 3. The maximum Gasteiger partial charge on any atom is 0.315 e. The Morgan fingerprint density at radius 3 is 2.38 bits per heavy atom. The second-order valence-corrected chi connectivity index (χ2v) is 5.56. The normalized spacial score (nSPS) is 11.4. The summed E-state index contributed by atoms with van der Waals surface area (Å²) in [6.07, 6.45) is 1.57. The second kappa shape index (κ2) is 11.0. The van der Waals surface area contributed by atoms with Crippen molar-refractivity contribution in [1.82, 2.24) is 16.0 Å². The molecule has 1 rings (SSSR count). The van der Waals surface area contributed by atoms with Crippen LogP contribution < -0.4 is 16.0 Å². The molecule has 3 amide bonds. The summed E-state index contributed by atoms with van der Waals surface area (Å²) in [5, 5.41) is 17.0.